The van der Waals surface area contributed by atoms with Gasteiger partial charge in [0, 0.05) is 31.3 Å². The first-order valence-corrected chi connectivity index (χ1v) is 8.24. The van der Waals surface area contributed by atoms with Crippen LogP contribution in [0.1, 0.15) is 29.6 Å². The van der Waals surface area contributed by atoms with Crippen LogP contribution in [0.4, 0.5) is 4.39 Å². The zero-order valence-electron chi connectivity index (χ0n) is 14.0. The van der Waals surface area contributed by atoms with Gasteiger partial charge in [-0.3, -0.25) is 9.59 Å². The first kappa shape index (κ1) is 17.6. The highest BCUT2D eigenvalue weighted by Gasteiger charge is 2.15. The Morgan fingerprint density at radius 1 is 1.36 bits per heavy atom. The Morgan fingerprint density at radius 2 is 2.20 bits per heavy atom. The molecule has 134 valence electrons. The number of aromatic nitrogens is 1. The molecule has 7 heteroatoms. The second-order valence-electron chi connectivity index (χ2n) is 5.96. The molecule has 0 spiro atoms. The van der Waals surface area contributed by atoms with Crippen molar-refractivity contribution in [1.29, 1.82) is 0 Å². The van der Waals surface area contributed by atoms with Gasteiger partial charge < -0.3 is 18.8 Å². The SMILES string of the molecule is Cn1cc(C=O)c(=O)c2cc(F)c(OCCOC3CCCCO3)cc21. The highest BCUT2D eigenvalue weighted by atomic mass is 19.1. The van der Waals surface area contributed by atoms with E-state index in [1.54, 1.807) is 11.6 Å². The van der Waals surface area contributed by atoms with Gasteiger partial charge in [0.1, 0.15) is 6.61 Å². The topological polar surface area (TPSA) is 66.8 Å². The Balaban J connectivity index is 1.71. The summed E-state index contributed by atoms with van der Waals surface area (Å²) in [6.45, 7) is 1.15. The molecule has 0 bridgehead atoms. The molecule has 0 radical (unpaired) electrons. The molecule has 0 aliphatic carbocycles. The number of nitrogens with zero attached hydrogens (tertiary/aromatic N) is 1. The standard InChI is InChI=1S/C18H20FNO5/c1-20-10-12(11-21)18(22)13-8-14(19)16(9-15(13)20)23-6-7-25-17-4-2-3-5-24-17/h8-11,17H,2-7H2,1H3. The van der Waals surface area contributed by atoms with Crippen molar-refractivity contribution in [3.63, 3.8) is 0 Å². The zero-order chi connectivity index (χ0) is 17.8. The van der Waals surface area contributed by atoms with Crippen molar-refractivity contribution in [2.75, 3.05) is 19.8 Å². The molecule has 1 atom stereocenters. The van der Waals surface area contributed by atoms with Crippen molar-refractivity contribution in [1.82, 2.24) is 4.57 Å². The molecular formula is C18H20FNO5. The number of benzene rings is 1. The number of rotatable bonds is 6. The minimum Gasteiger partial charge on any atom is -0.488 e. The minimum absolute atomic E-state index is 0.0102. The summed E-state index contributed by atoms with van der Waals surface area (Å²) in [5, 5.41) is 0.142. The summed E-state index contributed by atoms with van der Waals surface area (Å²) in [5.41, 5.74) is -0.0150. The summed E-state index contributed by atoms with van der Waals surface area (Å²) in [6, 6.07) is 2.56. The lowest BCUT2D eigenvalue weighted by molar-refractivity contribution is -0.165. The van der Waals surface area contributed by atoms with E-state index in [1.165, 1.54) is 12.3 Å². The molecule has 2 aromatic rings. The lowest BCUT2D eigenvalue weighted by Crippen LogP contribution is -2.24. The highest BCUT2D eigenvalue weighted by molar-refractivity contribution is 5.87. The van der Waals surface area contributed by atoms with E-state index >= 15 is 0 Å². The van der Waals surface area contributed by atoms with Crippen molar-refractivity contribution in [3.8, 4) is 5.75 Å². The van der Waals surface area contributed by atoms with Gasteiger partial charge in [0.2, 0.25) is 0 Å². The van der Waals surface area contributed by atoms with Crippen LogP contribution >= 0.6 is 0 Å². The number of halogens is 1. The molecule has 1 aliphatic rings. The van der Waals surface area contributed by atoms with Gasteiger partial charge >= 0.3 is 0 Å². The number of hydrogen-bond acceptors (Lipinski definition) is 5. The van der Waals surface area contributed by atoms with E-state index in [9.17, 15) is 14.0 Å². The van der Waals surface area contributed by atoms with E-state index in [2.05, 4.69) is 0 Å². The molecule has 1 aromatic carbocycles. The van der Waals surface area contributed by atoms with Crippen LogP contribution in [0.5, 0.6) is 5.75 Å². The second-order valence-corrected chi connectivity index (χ2v) is 5.96. The number of fused-ring (bicyclic) bond motifs is 1. The van der Waals surface area contributed by atoms with Gasteiger partial charge in [-0.2, -0.15) is 0 Å². The molecule has 0 N–H and O–H groups in total. The maximum atomic E-state index is 14.2. The number of ether oxygens (including phenoxy) is 3. The van der Waals surface area contributed by atoms with Crippen LogP contribution < -0.4 is 10.2 Å². The average Bonchev–Trinajstić information content (AvgIpc) is 2.63. The Labute approximate surface area is 144 Å². The van der Waals surface area contributed by atoms with Gasteiger partial charge in [0.15, 0.2) is 29.6 Å². The van der Waals surface area contributed by atoms with Crippen LogP contribution in [0.2, 0.25) is 0 Å². The molecule has 0 amide bonds. The maximum Gasteiger partial charge on any atom is 0.199 e. The predicted octanol–water partition coefficient (Wildman–Crippen LogP) is 2.41. The number of hydrogen-bond donors (Lipinski definition) is 0. The molecule has 1 aromatic heterocycles. The van der Waals surface area contributed by atoms with Gasteiger partial charge in [-0.25, -0.2) is 4.39 Å². The molecule has 6 nitrogen and oxygen atoms in total. The molecule has 1 unspecified atom stereocenters. The summed E-state index contributed by atoms with van der Waals surface area (Å²) in [6.07, 6.45) is 4.63. The number of carbonyl (C=O) groups is 1. The fraction of sp³-hybridized carbons (Fsp3) is 0.444. The third-order valence-corrected chi connectivity index (χ3v) is 4.18. The molecule has 0 saturated carbocycles. The van der Waals surface area contributed by atoms with E-state index in [1.807, 2.05) is 0 Å². The number of aryl methyl sites for hydroxylation is 1. The van der Waals surface area contributed by atoms with Gasteiger partial charge in [0.05, 0.1) is 17.7 Å². The first-order chi connectivity index (χ1) is 12.1. The summed E-state index contributed by atoms with van der Waals surface area (Å²) in [4.78, 5) is 23.0. The normalized spacial score (nSPS) is 17.6. The molecule has 25 heavy (non-hydrogen) atoms. The lowest BCUT2D eigenvalue weighted by atomic mass is 10.1. The number of pyridine rings is 1. The Bertz CT molecular complexity index is 826. The fourth-order valence-corrected chi connectivity index (χ4v) is 2.88. The van der Waals surface area contributed by atoms with Crippen LogP contribution in [0.15, 0.2) is 23.1 Å². The zero-order valence-corrected chi connectivity index (χ0v) is 14.0. The summed E-state index contributed by atoms with van der Waals surface area (Å²) in [7, 11) is 1.68. The third-order valence-electron chi connectivity index (χ3n) is 4.18. The van der Waals surface area contributed by atoms with Gasteiger partial charge in [-0.15, -0.1) is 0 Å². The summed E-state index contributed by atoms with van der Waals surface area (Å²) >= 11 is 0. The molecular weight excluding hydrogens is 329 g/mol. The second kappa shape index (κ2) is 7.76. The van der Waals surface area contributed by atoms with Crippen LogP contribution in [-0.4, -0.2) is 37.0 Å². The smallest absolute Gasteiger partial charge is 0.199 e. The van der Waals surface area contributed by atoms with E-state index in [0.29, 0.717) is 18.4 Å². The maximum absolute atomic E-state index is 14.2. The van der Waals surface area contributed by atoms with Crippen LogP contribution in [0.3, 0.4) is 0 Å². The Morgan fingerprint density at radius 3 is 2.92 bits per heavy atom. The largest absolute Gasteiger partial charge is 0.488 e. The molecule has 1 aliphatic heterocycles. The van der Waals surface area contributed by atoms with Crippen molar-refractivity contribution in [2.45, 2.75) is 25.6 Å². The van der Waals surface area contributed by atoms with Crippen molar-refractivity contribution >= 4 is 17.2 Å². The third kappa shape index (κ3) is 3.88. The van der Waals surface area contributed by atoms with Gasteiger partial charge in [-0.05, 0) is 25.3 Å². The monoisotopic (exact) mass is 349 g/mol. The van der Waals surface area contributed by atoms with E-state index in [-0.39, 0.29) is 36.2 Å². The fourth-order valence-electron chi connectivity index (χ4n) is 2.88. The van der Waals surface area contributed by atoms with Crippen LogP contribution in [0, 0.1) is 5.82 Å². The highest BCUT2D eigenvalue weighted by Crippen LogP contribution is 2.23. The average molecular weight is 349 g/mol. The molecule has 3 rings (SSSR count). The Hall–Kier alpha value is -2.25. The van der Waals surface area contributed by atoms with Crippen LogP contribution in [-0.2, 0) is 16.5 Å². The molecule has 2 heterocycles. The van der Waals surface area contributed by atoms with Crippen LogP contribution in [0.25, 0.3) is 10.9 Å². The van der Waals surface area contributed by atoms with Crippen molar-refractivity contribution in [2.24, 2.45) is 7.05 Å². The first-order valence-electron chi connectivity index (χ1n) is 8.24. The summed E-state index contributed by atoms with van der Waals surface area (Å²) < 4.78 is 32.3. The summed E-state index contributed by atoms with van der Waals surface area (Å²) in [5.74, 6) is -0.615. The molecule has 1 fully saturated rings. The van der Waals surface area contributed by atoms with Crippen molar-refractivity contribution in [3.05, 3.63) is 39.9 Å². The Kier molecular flexibility index (Phi) is 5.45. The van der Waals surface area contributed by atoms with E-state index < -0.39 is 11.2 Å². The van der Waals surface area contributed by atoms with Crippen molar-refractivity contribution < 1.29 is 23.4 Å². The van der Waals surface area contributed by atoms with E-state index in [0.717, 1.165) is 25.3 Å². The lowest BCUT2D eigenvalue weighted by Gasteiger charge is -2.22. The minimum atomic E-state index is -0.651. The number of aldehydes is 1. The quantitative estimate of drug-likeness (QED) is 0.592. The number of carbonyl (C=O) groups excluding carboxylic acids is 1. The molecule has 1 saturated heterocycles. The van der Waals surface area contributed by atoms with Gasteiger partial charge in [0.25, 0.3) is 0 Å². The predicted molar refractivity (Wildman–Crippen MR) is 89.6 cm³/mol. The van der Waals surface area contributed by atoms with E-state index in [4.69, 9.17) is 14.2 Å². The van der Waals surface area contributed by atoms with Gasteiger partial charge in [-0.1, -0.05) is 0 Å².